The monoisotopic (exact) mass is 274 g/mol. The van der Waals surface area contributed by atoms with Gasteiger partial charge in [-0.3, -0.25) is 4.79 Å². The molecule has 1 aromatic rings. The standard InChI is InChI=1S/C17H26N2O/c1-12(2)19(13(3)4)16(20)17(10-15(17)11-18)14-8-6-5-7-9-14/h5-9,12-13,15H,10-11,18H2,1-4H3/t15?,17-/m1/s1. The number of benzene rings is 1. The van der Waals surface area contributed by atoms with Crippen LogP contribution in [0.1, 0.15) is 39.7 Å². The van der Waals surface area contributed by atoms with E-state index in [0.717, 1.165) is 12.0 Å². The highest BCUT2D eigenvalue weighted by Gasteiger charge is 2.61. The van der Waals surface area contributed by atoms with Crippen LogP contribution in [0.2, 0.25) is 0 Å². The molecule has 1 fully saturated rings. The van der Waals surface area contributed by atoms with Crippen LogP contribution in [0.15, 0.2) is 30.3 Å². The van der Waals surface area contributed by atoms with Crippen LogP contribution in [-0.4, -0.2) is 29.4 Å². The topological polar surface area (TPSA) is 46.3 Å². The van der Waals surface area contributed by atoms with Gasteiger partial charge in [-0.15, -0.1) is 0 Å². The molecule has 1 saturated carbocycles. The van der Waals surface area contributed by atoms with Crippen molar-refractivity contribution in [1.29, 1.82) is 0 Å². The Kier molecular flexibility index (Phi) is 4.19. The summed E-state index contributed by atoms with van der Waals surface area (Å²) in [5, 5.41) is 0. The lowest BCUT2D eigenvalue weighted by atomic mass is 9.90. The molecule has 1 amide bonds. The molecule has 0 aliphatic heterocycles. The minimum absolute atomic E-state index is 0.210. The van der Waals surface area contributed by atoms with Crippen LogP contribution in [0.3, 0.4) is 0 Å². The average molecular weight is 274 g/mol. The van der Waals surface area contributed by atoms with Crippen molar-refractivity contribution in [3.8, 4) is 0 Å². The number of carbonyl (C=O) groups excluding carboxylic acids is 1. The maximum absolute atomic E-state index is 13.2. The molecule has 1 aliphatic carbocycles. The maximum Gasteiger partial charge on any atom is 0.234 e. The van der Waals surface area contributed by atoms with Gasteiger partial charge in [0, 0.05) is 12.1 Å². The van der Waals surface area contributed by atoms with Gasteiger partial charge in [-0.05, 0) is 52.1 Å². The first-order valence-corrected chi connectivity index (χ1v) is 7.53. The van der Waals surface area contributed by atoms with Gasteiger partial charge in [-0.2, -0.15) is 0 Å². The van der Waals surface area contributed by atoms with Crippen LogP contribution in [0.4, 0.5) is 0 Å². The molecule has 1 unspecified atom stereocenters. The number of nitrogens with two attached hydrogens (primary N) is 1. The normalized spacial score (nSPS) is 25.1. The number of rotatable bonds is 5. The Hall–Kier alpha value is -1.35. The van der Waals surface area contributed by atoms with E-state index in [2.05, 4.69) is 39.8 Å². The summed E-state index contributed by atoms with van der Waals surface area (Å²) in [5.74, 6) is 0.515. The summed E-state index contributed by atoms with van der Waals surface area (Å²) >= 11 is 0. The van der Waals surface area contributed by atoms with Gasteiger partial charge in [-0.1, -0.05) is 30.3 Å². The molecule has 2 rings (SSSR count). The van der Waals surface area contributed by atoms with Crippen molar-refractivity contribution < 1.29 is 4.79 Å². The van der Waals surface area contributed by atoms with Crippen molar-refractivity contribution in [2.45, 2.75) is 51.6 Å². The molecule has 2 N–H and O–H groups in total. The Balaban J connectivity index is 2.38. The second-order valence-electron chi connectivity index (χ2n) is 6.37. The molecular weight excluding hydrogens is 248 g/mol. The van der Waals surface area contributed by atoms with Crippen molar-refractivity contribution in [2.75, 3.05) is 6.54 Å². The van der Waals surface area contributed by atoms with E-state index < -0.39 is 0 Å². The number of hydrogen-bond donors (Lipinski definition) is 1. The zero-order chi connectivity index (χ0) is 14.9. The Morgan fingerprint density at radius 3 is 2.20 bits per heavy atom. The Morgan fingerprint density at radius 1 is 1.25 bits per heavy atom. The van der Waals surface area contributed by atoms with Crippen molar-refractivity contribution >= 4 is 5.91 Å². The SMILES string of the molecule is CC(C)N(C(=O)[C@@]1(c2ccccc2)CC1CN)C(C)C. The van der Waals surface area contributed by atoms with Crippen molar-refractivity contribution in [2.24, 2.45) is 11.7 Å². The lowest BCUT2D eigenvalue weighted by molar-refractivity contribution is -0.138. The average Bonchev–Trinajstić information content (AvgIpc) is 3.14. The Labute approximate surface area is 122 Å². The van der Waals surface area contributed by atoms with Crippen LogP contribution in [0.5, 0.6) is 0 Å². The second kappa shape index (κ2) is 5.57. The van der Waals surface area contributed by atoms with Gasteiger partial charge in [0.1, 0.15) is 0 Å². The fourth-order valence-corrected chi connectivity index (χ4v) is 3.38. The molecule has 3 heteroatoms. The van der Waals surface area contributed by atoms with E-state index in [9.17, 15) is 4.79 Å². The van der Waals surface area contributed by atoms with Crippen LogP contribution >= 0.6 is 0 Å². The summed E-state index contributed by atoms with van der Waals surface area (Å²) in [7, 11) is 0. The van der Waals surface area contributed by atoms with Crippen LogP contribution in [0.25, 0.3) is 0 Å². The van der Waals surface area contributed by atoms with Gasteiger partial charge >= 0.3 is 0 Å². The van der Waals surface area contributed by atoms with E-state index in [0.29, 0.717) is 6.54 Å². The summed E-state index contributed by atoms with van der Waals surface area (Å²) < 4.78 is 0. The van der Waals surface area contributed by atoms with E-state index in [1.165, 1.54) is 0 Å². The molecule has 0 radical (unpaired) electrons. The third-order valence-corrected chi connectivity index (χ3v) is 4.41. The van der Waals surface area contributed by atoms with Gasteiger partial charge in [0.2, 0.25) is 5.91 Å². The van der Waals surface area contributed by atoms with Gasteiger partial charge < -0.3 is 10.6 Å². The van der Waals surface area contributed by atoms with Gasteiger partial charge in [-0.25, -0.2) is 0 Å². The number of nitrogens with zero attached hydrogens (tertiary/aromatic N) is 1. The van der Waals surface area contributed by atoms with E-state index in [4.69, 9.17) is 5.73 Å². The van der Waals surface area contributed by atoms with Crippen molar-refractivity contribution in [3.05, 3.63) is 35.9 Å². The van der Waals surface area contributed by atoms with Crippen molar-refractivity contribution in [3.63, 3.8) is 0 Å². The third kappa shape index (κ3) is 2.35. The predicted molar refractivity (Wildman–Crippen MR) is 82.4 cm³/mol. The largest absolute Gasteiger partial charge is 0.337 e. The van der Waals surface area contributed by atoms with E-state index >= 15 is 0 Å². The number of amides is 1. The molecule has 0 heterocycles. The second-order valence-corrected chi connectivity index (χ2v) is 6.37. The zero-order valence-corrected chi connectivity index (χ0v) is 13.0. The van der Waals surface area contributed by atoms with Crippen LogP contribution in [0, 0.1) is 5.92 Å². The van der Waals surface area contributed by atoms with E-state index in [1.807, 2.05) is 23.1 Å². The summed E-state index contributed by atoms with van der Waals surface area (Å²) in [6.45, 7) is 8.89. The fourth-order valence-electron chi connectivity index (χ4n) is 3.38. The minimum atomic E-state index is -0.384. The summed E-state index contributed by atoms with van der Waals surface area (Å²) in [6.07, 6.45) is 0.877. The first-order chi connectivity index (χ1) is 9.45. The lowest BCUT2D eigenvalue weighted by Gasteiger charge is -2.35. The minimum Gasteiger partial charge on any atom is -0.337 e. The smallest absolute Gasteiger partial charge is 0.234 e. The number of hydrogen-bond acceptors (Lipinski definition) is 2. The molecule has 0 saturated heterocycles. The summed E-state index contributed by atoms with van der Waals surface area (Å²) in [4.78, 5) is 15.2. The van der Waals surface area contributed by atoms with Gasteiger partial charge in [0.05, 0.1) is 5.41 Å². The van der Waals surface area contributed by atoms with Crippen LogP contribution < -0.4 is 5.73 Å². The summed E-state index contributed by atoms with van der Waals surface area (Å²) in [6, 6.07) is 10.5. The zero-order valence-electron chi connectivity index (χ0n) is 13.0. The molecule has 0 spiro atoms. The number of carbonyl (C=O) groups is 1. The molecule has 1 aliphatic rings. The van der Waals surface area contributed by atoms with Gasteiger partial charge in [0.15, 0.2) is 0 Å². The fraction of sp³-hybridized carbons (Fsp3) is 0.588. The molecule has 0 aromatic heterocycles. The van der Waals surface area contributed by atoms with Crippen molar-refractivity contribution in [1.82, 2.24) is 4.90 Å². The molecule has 0 bridgehead atoms. The highest BCUT2D eigenvalue weighted by atomic mass is 16.2. The molecule has 3 nitrogen and oxygen atoms in total. The van der Waals surface area contributed by atoms with Crippen LogP contribution in [-0.2, 0) is 10.2 Å². The molecule has 2 atom stereocenters. The molecular formula is C17H26N2O. The lowest BCUT2D eigenvalue weighted by Crippen LogP contribution is -2.48. The first-order valence-electron chi connectivity index (χ1n) is 7.53. The molecule has 1 aromatic carbocycles. The van der Waals surface area contributed by atoms with E-state index in [-0.39, 0.29) is 29.3 Å². The first kappa shape index (κ1) is 15.0. The van der Waals surface area contributed by atoms with E-state index in [1.54, 1.807) is 0 Å². The molecule has 20 heavy (non-hydrogen) atoms. The van der Waals surface area contributed by atoms with Gasteiger partial charge in [0.25, 0.3) is 0 Å². The highest BCUT2D eigenvalue weighted by molar-refractivity contribution is 5.92. The highest BCUT2D eigenvalue weighted by Crippen LogP contribution is 2.55. The summed E-state index contributed by atoms with van der Waals surface area (Å²) in [5.41, 5.74) is 6.60. The quantitative estimate of drug-likeness (QED) is 0.897. The molecule has 110 valence electrons. The third-order valence-electron chi connectivity index (χ3n) is 4.41. The Bertz CT molecular complexity index is 461. The maximum atomic E-state index is 13.2. The predicted octanol–water partition coefficient (Wildman–Crippen LogP) is 2.55. The Morgan fingerprint density at radius 2 is 1.80 bits per heavy atom.